The number of amides is 2. The van der Waals surface area contributed by atoms with Gasteiger partial charge < -0.3 is 10.6 Å². The van der Waals surface area contributed by atoms with Crippen LogP contribution in [0.4, 0.5) is 5.69 Å². The molecule has 0 saturated carbocycles. The Labute approximate surface area is 150 Å². The number of anilines is 1. The van der Waals surface area contributed by atoms with E-state index in [1.165, 1.54) is 6.07 Å². The normalized spacial score (nSPS) is 10.5. The Morgan fingerprint density at radius 2 is 1.71 bits per heavy atom. The summed E-state index contributed by atoms with van der Waals surface area (Å²) in [6.45, 7) is 4.53. The number of rotatable bonds is 5. The van der Waals surface area contributed by atoms with E-state index < -0.39 is 5.91 Å². The molecule has 0 aliphatic heterocycles. The van der Waals surface area contributed by atoms with Crippen LogP contribution in [0.5, 0.6) is 0 Å². The fourth-order valence-corrected chi connectivity index (χ4v) is 2.14. The fraction of sp³-hybridized carbons (Fsp3) is 0.235. The number of halogens is 2. The summed E-state index contributed by atoms with van der Waals surface area (Å²) in [7, 11) is 0. The van der Waals surface area contributed by atoms with Crippen LogP contribution in [0, 0.1) is 5.92 Å². The highest BCUT2D eigenvalue weighted by Crippen LogP contribution is 2.25. The molecule has 2 amide bonds. The molecule has 2 N–H and O–H groups in total. The van der Waals surface area contributed by atoms with Crippen LogP contribution in [-0.4, -0.2) is 23.3 Å². The van der Waals surface area contributed by atoms with E-state index in [9.17, 15) is 9.59 Å². The summed E-state index contributed by atoms with van der Waals surface area (Å²) in [6.07, 6.45) is 0. The molecule has 0 aliphatic rings. The molecule has 0 spiro atoms. The third-order valence-corrected chi connectivity index (χ3v) is 3.80. The van der Waals surface area contributed by atoms with Crippen LogP contribution in [0.25, 0.3) is 0 Å². The molecule has 0 fully saturated rings. The topological polar surface area (TPSA) is 71.1 Å². The van der Waals surface area contributed by atoms with Crippen molar-refractivity contribution in [2.75, 3.05) is 11.9 Å². The highest BCUT2D eigenvalue weighted by Gasteiger charge is 2.13. The molecular formula is C17H17Cl2N3O2. The van der Waals surface area contributed by atoms with E-state index in [2.05, 4.69) is 15.6 Å². The first-order chi connectivity index (χ1) is 11.4. The van der Waals surface area contributed by atoms with E-state index in [0.29, 0.717) is 28.2 Å². The third kappa shape index (κ3) is 4.94. The van der Waals surface area contributed by atoms with E-state index in [1.807, 2.05) is 13.8 Å². The molecular weight excluding hydrogens is 349 g/mol. The molecule has 7 heteroatoms. The summed E-state index contributed by atoms with van der Waals surface area (Å²) in [5, 5.41) is 6.17. The first-order valence-corrected chi connectivity index (χ1v) is 8.14. The number of benzene rings is 1. The number of pyridine rings is 1. The Hall–Kier alpha value is -2.11. The van der Waals surface area contributed by atoms with E-state index >= 15 is 0 Å². The van der Waals surface area contributed by atoms with Gasteiger partial charge in [-0.05, 0) is 36.2 Å². The SMILES string of the molecule is CC(C)CNC(=O)c1cccc(C(=O)Nc2ccc(Cl)c(Cl)c2)n1. The van der Waals surface area contributed by atoms with Gasteiger partial charge in [0.15, 0.2) is 0 Å². The Morgan fingerprint density at radius 3 is 2.33 bits per heavy atom. The Bertz CT molecular complexity index is 763. The van der Waals surface area contributed by atoms with Gasteiger partial charge in [0.2, 0.25) is 0 Å². The zero-order valence-corrected chi connectivity index (χ0v) is 14.8. The minimum absolute atomic E-state index is 0.137. The summed E-state index contributed by atoms with van der Waals surface area (Å²) >= 11 is 11.8. The molecule has 1 aromatic heterocycles. The lowest BCUT2D eigenvalue weighted by atomic mass is 10.2. The first kappa shape index (κ1) is 18.2. The maximum Gasteiger partial charge on any atom is 0.274 e. The maximum absolute atomic E-state index is 12.3. The quantitative estimate of drug-likeness (QED) is 0.840. The monoisotopic (exact) mass is 365 g/mol. The van der Waals surface area contributed by atoms with Gasteiger partial charge in [0.1, 0.15) is 11.4 Å². The van der Waals surface area contributed by atoms with Crippen molar-refractivity contribution in [1.29, 1.82) is 0 Å². The van der Waals surface area contributed by atoms with Crippen LogP contribution >= 0.6 is 23.2 Å². The maximum atomic E-state index is 12.3. The molecule has 2 rings (SSSR count). The lowest BCUT2D eigenvalue weighted by Crippen LogP contribution is -2.28. The van der Waals surface area contributed by atoms with Crippen molar-refractivity contribution in [3.8, 4) is 0 Å². The first-order valence-electron chi connectivity index (χ1n) is 7.38. The number of carbonyl (C=O) groups is 2. The molecule has 5 nitrogen and oxygen atoms in total. The van der Waals surface area contributed by atoms with Crippen molar-refractivity contribution < 1.29 is 9.59 Å². The van der Waals surface area contributed by atoms with Crippen LogP contribution in [0.1, 0.15) is 34.8 Å². The number of hydrogen-bond acceptors (Lipinski definition) is 3. The molecule has 0 aliphatic carbocycles. The Balaban J connectivity index is 2.11. The van der Waals surface area contributed by atoms with Crippen LogP contribution in [0.2, 0.25) is 10.0 Å². The molecule has 1 aromatic carbocycles. The second kappa shape index (κ2) is 8.13. The summed E-state index contributed by atoms with van der Waals surface area (Å²) in [4.78, 5) is 28.4. The number of nitrogens with zero attached hydrogens (tertiary/aromatic N) is 1. The molecule has 2 aromatic rings. The number of aromatic nitrogens is 1. The summed E-state index contributed by atoms with van der Waals surface area (Å²) in [5.41, 5.74) is 0.821. The van der Waals surface area contributed by atoms with Crippen molar-refractivity contribution in [1.82, 2.24) is 10.3 Å². The van der Waals surface area contributed by atoms with Crippen molar-refractivity contribution in [2.45, 2.75) is 13.8 Å². The molecule has 126 valence electrons. The van der Waals surface area contributed by atoms with E-state index in [4.69, 9.17) is 23.2 Å². The number of nitrogens with one attached hydrogen (secondary N) is 2. The highest BCUT2D eigenvalue weighted by molar-refractivity contribution is 6.42. The largest absolute Gasteiger partial charge is 0.350 e. The van der Waals surface area contributed by atoms with Crippen molar-refractivity contribution >= 4 is 40.7 Å². The minimum atomic E-state index is -0.438. The zero-order chi connectivity index (χ0) is 17.7. The third-order valence-electron chi connectivity index (χ3n) is 3.06. The van der Waals surface area contributed by atoms with Crippen LogP contribution < -0.4 is 10.6 Å². The van der Waals surface area contributed by atoms with Gasteiger partial charge in [-0.1, -0.05) is 43.1 Å². The van der Waals surface area contributed by atoms with Gasteiger partial charge in [0.05, 0.1) is 10.0 Å². The lowest BCUT2D eigenvalue weighted by Gasteiger charge is -2.09. The lowest BCUT2D eigenvalue weighted by molar-refractivity contribution is 0.0944. The van der Waals surface area contributed by atoms with E-state index in [1.54, 1.807) is 30.3 Å². The van der Waals surface area contributed by atoms with Crippen LogP contribution in [0.3, 0.4) is 0 Å². The Morgan fingerprint density at radius 1 is 1.04 bits per heavy atom. The van der Waals surface area contributed by atoms with Crippen LogP contribution in [0.15, 0.2) is 36.4 Å². The van der Waals surface area contributed by atoms with Crippen molar-refractivity contribution in [3.63, 3.8) is 0 Å². The average molecular weight is 366 g/mol. The second-order valence-electron chi connectivity index (χ2n) is 5.59. The summed E-state index contributed by atoms with van der Waals surface area (Å²) in [5.74, 6) is -0.421. The fourth-order valence-electron chi connectivity index (χ4n) is 1.84. The molecule has 24 heavy (non-hydrogen) atoms. The number of carbonyl (C=O) groups excluding carboxylic acids is 2. The van der Waals surface area contributed by atoms with E-state index in [0.717, 1.165) is 0 Å². The van der Waals surface area contributed by atoms with Gasteiger partial charge in [-0.15, -0.1) is 0 Å². The molecule has 0 unspecified atom stereocenters. The van der Waals surface area contributed by atoms with Gasteiger partial charge in [-0.25, -0.2) is 4.98 Å². The van der Waals surface area contributed by atoms with Crippen LogP contribution in [-0.2, 0) is 0 Å². The Kier molecular flexibility index (Phi) is 6.17. The van der Waals surface area contributed by atoms with Crippen molar-refractivity contribution in [2.24, 2.45) is 5.92 Å². The van der Waals surface area contributed by atoms with Gasteiger partial charge in [0, 0.05) is 12.2 Å². The summed E-state index contributed by atoms with van der Waals surface area (Å²) < 4.78 is 0. The standard InChI is InChI=1S/C17H17Cl2N3O2/c1-10(2)9-20-16(23)14-4-3-5-15(22-14)17(24)21-11-6-7-12(18)13(19)8-11/h3-8,10H,9H2,1-2H3,(H,20,23)(H,21,24). The van der Waals surface area contributed by atoms with Gasteiger partial charge in [0.25, 0.3) is 11.8 Å². The van der Waals surface area contributed by atoms with Crippen molar-refractivity contribution in [3.05, 3.63) is 57.8 Å². The second-order valence-corrected chi connectivity index (χ2v) is 6.41. The number of hydrogen-bond donors (Lipinski definition) is 2. The predicted molar refractivity (Wildman–Crippen MR) is 95.8 cm³/mol. The van der Waals surface area contributed by atoms with Gasteiger partial charge in [-0.3, -0.25) is 9.59 Å². The minimum Gasteiger partial charge on any atom is -0.350 e. The van der Waals surface area contributed by atoms with Gasteiger partial charge >= 0.3 is 0 Å². The molecule has 1 heterocycles. The van der Waals surface area contributed by atoms with E-state index in [-0.39, 0.29) is 17.3 Å². The smallest absolute Gasteiger partial charge is 0.274 e. The molecule has 0 bridgehead atoms. The van der Waals surface area contributed by atoms with Gasteiger partial charge in [-0.2, -0.15) is 0 Å². The summed E-state index contributed by atoms with van der Waals surface area (Å²) in [6, 6.07) is 9.47. The zero-order valence-electron chi connectivity index (χ0n) is 13.3. The predicted octanol–water partition coefficient (Wildman–Crippen LogP) is 4.03. The highest BCUT2D eigenvalue weighted by atomic mass is 35.5. The molecule has 0 radical (unpaired) electrons. The molecule has 0 atom stereocenters. The average Bonchev–Trinajstić information content (AvgIpc) is 2.56. The molecule has 0 saturated heterocycles.